The Kier molecular flexibility index (Phi) is 2.02. The molecule has 0 saturated heterocycles. The van der Waals surface area contributed by atoms with Crippen molar-refractivity contribution < 1.29 is 10.2 Å². The lowest BCUT2D eigenvalue weighted by Crippen LogP contribution is -2.21. The summed E-state index contributed by atoms with van der Waals surface area (Å²) in [5.41, 5.74) is 4.72. The molecule has 128 valence electrons. The van der Waals surface area contributed by atoms with E-state index in [4.69, 9.17) is 0 Å². The topological polar surface area (TPSA) is 89.0 Å². The fourth-order valence-electron chi connectivity index (χ4n) is 4.66. The molecule has 0 spiro atoms. The predicted molar refractivity (Wildman–Crippen MR) is 98.6 cm³/mol. The van der Waals surface area contributed by atoms with Gasteiger partial charge in [0.1, 0.15) is 35.9 Å². The van der Waals surface area contributed by atoms with Crippen molar-refractivity contribution in [1.29, 1.82) is 0 Å². The zero-order valence-electron chi connectivity index (χ0n) is 13.8. The van der Waals surface area contributed by atoms with Crippen molar-refractivity contribution in [2.75, 3.05) is 0 Å². The zero-order valence-corrected chi connectivity index (χ0v) is 13.8. The highest BCUT2D eigenvalue weighted by Crippen LogP contribution is 2.49. The van der Waals surface area contributed by atoms with E-state index in [-0.39, 0.29) is 11.5 Å². The fraction of sp³-hybridized carbons (Fsp3) is 0.0500. The minimum absolute atomic E-state index is 0.162. The van der Waals surface area contributed by atoms with Gasteiger partial charge >= 0.3 is 0 Å². The predicted octanol–water partition coefficient (Wildman–Crippen LogP) is 3.28. The van der Waals surface area contributed by atoms with Crippen molar-refractivity contribution in [3.05, 3.63) is 65.9 Å². The third kappa shape index (κ3) is 1.36. The van der Waals surface area contributed by atoms with Gasteiger partial charge in [0.15, 0.2) is 11.5 Å². The van der Waals surface area contributed by atoms with Gasteiger partial charge in [0.05, 0.1) is 11.2 Å². The summed E-state index contributed by atoms with van der Waals surface area (Å²) in [5.74, 6) is 1.06. The number of aromatic hydroxyl groups is 1. The number of phenolic OH excluding ortho intramolecular Hbond substituents is 1. The molecular formula is C20H11N5O2. The molecule has 2 N–H and O–H groups in total. The van der Waals surface area contributed by atoms with Crippen LogP contribution in [-0.2, 0) is 0 Å². The minimum atomic E-state index is -0.447. The largest absolute Gasteiger partial charge is 0.508 e. The van der Waals surface area contributed by atoms with Crippen molar-refractivity contribution in [2.24, 2.45) is 0 Å². The van der Waals surface area contributed by atoms with Crippen LogP contribution in [0.5, 0.6) is 5.75 Å². The Morgan fingerprint density at radius 1 is 1.00 bits per heavy atom. The molecule has 1 atom stereocenters. The van der Waals surface area contributed by atoms with Gasteiger partial charge in [0, 0.05) is 5.56 Å². The number of fused-ring (bicyclic) bond motifs is 4. The Morgan fingerprint density at radius 2 is 1.93 bits per heavy atom. The smallest absolute Gasteiger partial charge is 0.163 e. The third-order valence-corrected chi connectivity index (χ3v) is 5.66. The number of aliphatic hydroxyl groups is 1. The molecule has 1 aliphatic carbocycles. The van der Waals surface area contributed by atoms with Gasteiger partial charge in [0.2, 0.25) is 0 Å². The molecule has 0 saturated carbocycles. The first-order valence-electron chi connectivity index (χ1n) is 8.61. The summed E-state index contributed by atoms with van der Waals surface area (Å²) in [4.78, 5) is 13.4. The molecule has 7 heteroatoms. The van der Waals surface area contributed by atoms with E-state index < -0.39 is 6.04 Å². The Balaban J connectivity index is 1.79. The lowest BCUT2D eigenvalue weighted by Gasteiger charge is -2.29. The van der Waals surface area contributed by atoms with Crippen LogP contribution in [-0.4, -0.2) is 34.3 Å². The van der Waals surface area contributed by atoms with Gasteiger partial charge in [-0.05, 0) is 34.5 Å². The maximum Gasteiger partial charge on any atom is 0.163 e. The van der Waals surface area contributed by atoms with Crippen LogP contribution in [0.2, 0.25) is 0 Å². The number of nitrogens with zero attached hydrogens (tertiary/aromatic N) is 5. The van der Waals surface area contributed by atoms with Crippen molar-refractivity contribution in [3.63, 3.8) is 0 Å². The van der Waals surface area contributed by atoms with Gasteiger partial charge in [-0.3, -0.25) is 9.13 Å². The van der Waals surface area contributed by atoms with Gasteiger partial charge < -0.3 is 10.2 Å². The van der Waals surface area contributed by atoms with Crippen molar-refractivity contribution in [3.8, 4) is 17.3 Å². The third-order valence-electron chi connectivity index (χ3n) is 5.66. The molecule has 0 amide bonds. The number of imidazole rings is 2. The highest BCUT2D eigenvalue weighted by atomic mass is 16.3. The molecule has 6 bridgehead atoms. The van der Waals surface area contributed by atoms with Crippen LogP contribution in [0.15, 0.2) is 54.8 Å². The molecule has 2 aromatic carbocycles. The number of aromatic nitrogens is 5. The van der Waals surface area contributed by atoms with E-state index in [2.05, 4.69) is 15.0 Å². The number of allylic oxidation sites excluding steroid dienone is 1. The van der Waals surface area contributed by atoms with Crippen LogP contribution >= 0.6 is 0 Å². The molecule has 27 heavy (non-hydrogen) atoms. The molecule has 4 heterocycles. The Hall–Kier alpha value is -3.87. The number of phenols is 1. The molecule has 7 rings (SSSR count). The summed E-state index contributed by atoms with van der Waals surface area (Å²) in [5, 5.41) is 23.6. The molecule has 7 nitrogen and oxygen atoms in total. The van der Waals surface area contributed by atoms with Crippen LogP contribution in [0, 0.1) is 0 Å². The molecule has 3 aliphatic heterocycles. The lowest BCUT2D eigenvalue weighted by molar-refractivity contribution is 0.352. The van der Waals surface area contributed by atoms with Crippen molar-refractivity contribution >= 4 is 27.6 Å². The summed E-state index contributed by atoms with van der Waals surface area (Å²) in [6, 6.07) is 10.9. The molecule has 4 aliphatic rings. The number of rotatable bonds is 0. The van der Waals surface area contributed by atoms with Gasteiger partial charge in [-0.2, -0.15) is 0 Å². The standard InChI is InChI=1S/C20H11N5O2/c26-10-4-9-2-1-3-11-15(9)12(5-10)16-18(27)17(11)25-19-13(21-7-22-19)6-14-20(25)23-8-24(14)16/h1-8,17,26-27H. The number of pyridine rings is 1. The SMILES string of the molecule is OC1=C2c3cc(O)cc4cccc(c34)C1n1c3ncnc-3cc3c1ncn32. The van der Waals surface area contributed by atoms with E-state index in [0.29, 0.717) is 11.5 Å². The Labute approximate surface area is 151 Å². The molecular weight excluding hydrogens is 342 g/mol. The Bertz CT molecular complexity index is 1460. The number of aliphatic hydroxyl groups excluding tert-OH is 1. The van der Waals surface area contributed by atoms with Gasteiger partial charge in [-0.15, -0.1) is 0 Å². The van der Waals surface area contributed by atoms with E-state index in [1.165, 1.54) is 6.33 Å². The maximum absolute atomic E-state index is 11.4. The first kappa shape index (κ1) is 13.3. The van der Waals surface area contributed by atoms with E-state index in [0.717, 1.165) is 38.8 Å². The van der Waals surface area contributed by atoms with Gasteiger partial charge in [-0.25, -0.2) is 15.0 Å². The zero-order chi connectivity index (χ0) is 17.9. The average Bonchev–Trinajstić information content (AvgIpc) is 3.26. The van der Waals surface area contributed by atoms with Crippen LogP contribution in [0.3, 0.4) is 0 Å². The highest BCUT2D eigenvalue weighted by molar-refractivity contribution is 6.03. The lowest BCUT2D eigenvalue weighted by atomic mass is 9.86. The fourth-order valence-corrected chi connectivity index (χ4v) is 4.66. The van der Waals surface area contributed by atoms with E-state index in [1.54, 1.807) is 18.5 Å². The first-order valence-corrected chi connectivity index (χ1v) is 8.61. The van der Waals surface area contributed by atoms with Crippen molar-refractivity contribution in [2.45, 2.75) is 6.04 Å². The number of benzene rings is 2. The molecule has 1 unspecified atom stereocenters. The van der Waals surface area contributed by atoms with Crippen LogP contribution < -0.4 is 0 Å². The summed E-state index contributed by atoms with van der Waals surface area (Å²) in [6.45, 7) is 0. The van der Waals surface area contributed by atoms with E-state index >= 15 is 0 Å². The number of hydrogen-bond acceptors (Lipinski definition) is 5. The van der Waals surface area contributed by atoms with Crippen LogP contribution in [0.25, 0.3) is 39.2 Å². The normalized spacial score (nSPS) is 17.4. The first-order chi connectivity index (χ1) is 13.2. The summed E-state index contributed by atoms with van der Waals surface area (Å²) < 4.78 is 3.83. The van der Waals surface area contributed by atoms with Gasteiger partial charge in [0.25, 0.3) is 0 Å². The molecule has 0 radical (unpaired) electrons. The highest BCUT2D eigenvalue weighted by Gasteiger charge is 2.38. The minimum Gasteiger partial charge on any atom is -0.508 e. The Morgan fingerprint density at radius 3 is 2.85 bits per heavy atom. The second kappa shape index (κ2) is 4.09. The second-order valence-electron chi connectivity index (χ2n) is 7.00. The average molecular weight is 353 g/mol. The van der Waals surface area contributed by atoms with Crippen molar-refractivity contribution in [1.82, 2.24) is 24.1 Å². The van der Waals surface area contributed by atoms with Gasteiger partial charge in [-0.1, -0.05) is 18.2 Å². The molecule has 0 fully saturated rings. The van der Waals surface area contributed by atoms with Crippen LogP contribution in [0.4, 0.5) is 0 Å². The maximum atomic E-state index is 11.4. The summed E-state index contributed by atoms with van der Waals surface area (Å²) >= 11 is 0. The molecule has 1 aromatic heterocycles. The monoisotopic (exact) mass is 353 g/mol. The van der Waals surface area contributed by atoms with E-state index in [9.17, 15) is 10.2 Å². The van der Waals surface area contributed by atoms with Crippen LogP contribution in [0.1, 0.15) is 17.2 Å². The quantitative estimate of drug-likeness (QED) is 0.446. The number of hydrogen-bond donors (Lipinski definition) is 2. The summed E-state index contributed by atoms with van der Waals surface area (Å²) in [7, 11) is 0. The summed E-state index contributed by atoms with van der Waals surface area (Å²) in [6.07, 6.45) is 3.23. The second-order valence-corrected chi connectivity index (χ2v) is 7.00. The molecule has 3 aromatic rings. The van der Waals surface area contributed by atoms with E-state index in [1.807, 2.05) is 33.4 Å².